The zero-order valence-electron chi connectivity index (χ0n) is 18.4. The van der Waals surface area contributed by atoms with E-state index in [1.54, 1.807) is 12.4 Å². The highest BCUT2D eigenvalue weighted by Gasteiger charge is 2.16. The largest absolute Gasteiger partial charge is 0.463 e. The van der Waals surface area contributed by atoms with Crippen molar-refractivity contribution < 1.29 is 9.47 Å². The number of morpholine rings is 1. The molecule has 3 heterocycles. The number of aryl methyl sites for hydroxylation is 2. The number of hydrazone groups is 1. The summed E-state index contributed by atoms with van der Waals surface area (Å²) in [7, 11) is 0. The maximum Gasteiger partial charge on any atom is 0.321 e. The maximum atomic E-state index is 5.83. The molecule has 0 spiro atoms. The van der Waals surface area contributed by atoms with E-state index in [-0.39, 0.29) is 6.01 Å². The average Bonchev–Trinajstić information content (AvgIpc) is 2.83. The third-order valence-electron chi connectivity index (χ3n) is 5.11. The first kappa shape index (κ1) is 21.6. The highest BCUT2D eigenvalue weighted by Crippen LogP contribution is 2.15. The van der Waals surface area contributed by atoms with Crippen molar-refractivity contribution >= 4 is 17.9 Å². The van der Waals surface area contributed by atoms with Gasteiger partial charge in [0.2, 0.25) is 5.95 Å². The van der Waals surface area contributed by atoms with E-state index in [9.17, 15) is 0 Å². The molecule has 166 valence electrons. The van der Waals surface area contributed by atoms with Crippen LogP contribution in [0.15, 0.2) is 47.7 Å². The minimum atomic E-state index is 0.269. The molecule has 1 N–H and O–H groups in total. The number of anilines is 2. The van der Waals surface area contributed by atoms with Crippen LogP contribution in [0.4, 0.5) is 11.6 Å². The van der Waals surface area contributed by atoms with Gasteiger partial charge in [-0.15, -0.1) is 0 Å². The summed E-state index contributed by atoms with van der Waals surface area (Å²) in [5.41, 5.74) is 7.32. The number of hydrogen-bond acceptors (Lipinski definition) is 9. The quantitative estimate of drug-likeness (QED) is 0.428. The first-order chi connectivity index (χ1) is 15.7. The molecule has 4 rings (SSSR count). The summed E-state index contributed by atoms with van der Waals surface area (Å²) in [6.45, 7) is 7.28. The molecule has 0 unspecified atom stereocenters. The molecule has 0 atom stereocenters. The lowest BCUT2D eigenvalue weighted by Crippen LogP contribution is -2.37. The number of benzene rings is 1. The molecule has 0 saturated carbocycles. The predicted octanol–water partition coefficient (Wildman–Crippen LogP) is 2.79. The van der Waals surface area contributed by atoms with E-state index in [1.165, 1.54) is 11.1 Å². The topological polar surface area (TPSA) is 97.7 Å². The molecular weight excluding hydrogens is 406 g/mol. The van der Waals surface area contributed by atoms with Gasteiger partial charge in [0.15, 0.2) is 5.82 Å². The van der Waals surface area contributed by atoms with Crippen LogP contribution in [-0.2, 0) is 11.2 Å². The van der Waals surface area contributed by atoms with E-state index in [0.717, 1.165) is 24.5 Å². The molecule has 32 heavy (non-hydrogen) atoms. The second-order valence-corrected chi connectivity index (χ2v) is 7.46. The van der Waals surface area contributed by atoms with Crippen LogP contribution in [0, 0.1) is 13.8 Å². The molecule has 0 bridgehead atoms. The number of pyridine rings is 1. The van der Waals surface area contributed by atoms with Gasteiger partial charge in [-0.2, -0.15) is 20.1 Å². The Bertz CT molecular complexity index is 1050. The Kier molecular flexibility index (Phi) is 7.19. The lowest BCUT2D eigenvalue weighted by molar-refractivity contribution is 0.122. The van der Waals surface area contributed by atoms with Gasteiger partial charge in [0.05, 0.1) is 31.7 Å². The summed E-state index contributed by atoms with van der Waals surface area (Å²) in [6.07, 6.45) is 4.01. The van der Waals surface area contributed by atoms with E-state index in [2.05, 4.69) is 55.3 Å². The molecule has 9 nitrogen and oxygen atoms in total. The number of hydrogen-bond donors (Lipinski definition) is 1. The van der Waals surface area contributed by atoms with Crippen molar-refractivity contribution in [3.05, 3.63) is 65.2 Å². The fraction of sp³-hybridized carbons (Fsp3) is 0.348. The predicted molar refractivity (Wildman–Crippen MR) is 123 cm³/mol. The Morgan fingerprint density at radius 1 is 1.09 bits per heavy atom. The van der Waals surface area contributed by atoms with Gasteiger partial charge in [-0.3, -0.25) is 10.4 Å². The number of aromatic nitrogens is 4. The second kappa shape index (κ2) is 10.6. The summed E-state index contributed by atoms with van der Waals surface area (Å²) >= 11 is 0. The van der Waals surface area contributed by atoms with Crippen molar-refractivity contribution in [3.63, 3.8) is 0 Å². The summed E-state index contributed by atoms with van der Waals surface area (Å²) in [5.74, 6) is 0.981. The minimum absolute atomic E-state index is 0.269. The number of nitrogens with zero attached hydrogens (tertiary/aromatic N) is 6. The first-order valence-corrected chi connectivity index (χ1v) is 10.7. The third kappa shape index (κ3) is 5.98. The molecule has 0 radical (unpaired) electrons. The molecule has 0 amide bonds. The molecule has 2 aromatic heterocycles. The number of nitrogens with one attached hydrogen (secondary N) is 1. The van der Waals surface area contributed by atoms with Crippen molar-refractivity contribution in [1.29, 1.82) is 0 Å². The maximum absolute atomic E-state index is 5.83. The van der Waals surface area contributed by atoms with E-state index < -0.39 is 0 Å². The standard InChI is InChI=1S/C23H27N7O2/c1-17-6-7-20(15-18(17)2)29-25-16-21-26-22(30-10-13-31-14-11-30)28-23(27-21)32-12-8-19-5-3-4-9-24-19/h3-7,9,15-16,29H,8,10-14H2,1-2H3/b25-16+. The van der Waals surface area contributed by atoms with Crippen molar-refractivity contribution in [1.82, 2.24) is 19.9 Å². The SMILES string of the molecule is Cc1ccc(N/N=C/c2nc(OCCc3ccccn3)nc(N3CCOCC3)n2)cc1C. The smallest absolute Gasteiger partial charge is 0.321 e. The van der Waals surface area contributed by atoms with Gasteiger partial charge in [0, 0.05) is 31.4 Å². The first-order valence-electron chi connectivity index (χ1n) is 10.7. The lowest BCUT2D eigenvalue weighted by Gasteiger charge is -2.26. The van der Waals surface area contributed by atoms with Crippen LogP contribution in [-0.4, -0.2) is 59.1 Å². The molecule has 1 fully saturated rings. The van der Waals surface area contributed by atoms with Crippen LogP contribution >= 0.6 is 0 Å². The van der Waals surface area contributed by atoms with Crippen molar-refractivity contribution in [2.75, 3.05) is 43.2 Å². The molecule has 3 aromatic rings. The summed E-state index contributed by atoms with van der Waals surface area (Å²) in [6, 6.07) is 12.2. The van der Waals surface area contributed by atoms with Crippen LogP contribution in [0.5, 0.6) is 6.01 Å². The van der Waals surface area contributed by atoms with Crippen molar-refractivity contribution in [3.8, 4) is 6.01 Å². The Morgan fingerprint density at radius 3 is 2.75 bits per heavy atom. The van der Waals surface area contributed by atoms with Crippen LogP contribution in [0.1, 0.15) is 22.6 Å². The Balaban J connectivity index is 1.47. The summed E-state index contributed by atoms with van der Waals surface area (Å²) < 4.78 is 11.3. The highest BCUT2D eigenvalue weighted by molar-refractivity contribution is 5.75. The van der Waals surface area contributed by atoms with Gasteiger partial charge in [0.25, 0.3) is 0 Å². The van der Waals surface area contributed by atoms with Gasteiger partial charge in [-0.25, -0.2) is 0 Å². The van der Waals surface area contributed by atoms with Gasteiger partial charge < -0.3 is 14.4 Å². The molecule has 1 aliphatic rings. The Morgan fingerprint density at radius 2 is 1.97 bits per heavy atom. The van der Waals surface area contributed by atoms with Crippen molar-refractivity contribution in [2.24, 2.45) is 5.10 Å². The fourth-order valence-electron chi connectivity index (χ4n) is 3.16. The zero-order chi connectivity index (χ0) is 22.2. The van der Waals surface area contributed by atoms with Gasteiger partial charge in [-0.05, 0) is 49.2 Å². The highest BCUT2D eigenvalue weighted by atomic mass is 16.5. The molecule has 0 aliphatic carbocycles. The molecule has 1 aliphatic heterocycles. The molecular formula is C23H27N7O2. The Labute approximate surface area is 187 Å². The minimum Gasteiger partial charge on any atom is -0.463 e. The summed E-state index contributed by atoms with van der Waals surface area (Å²) in [4.78, 5) is 19.8. The third-order valence-corrected chi connectivity index (χ3v) is 5.11. The lowest BCUT2D eigenvalue weighted by atomic mass is 10.1. The Hall–Kier alpha value is -3.59. The number of ether oxygens (including phenoxy) is 2. The zero-order valence-corrected chi connectivity index (χ0v) is 18.4. The van der Waals surface area contributed by atoms with Crippen LogP contribution in [0.25, 0.3) is 0 Å². The fourth-order valence-corrected chi connectivity index (χ4v) is 3.16. The molecule has 1 saturated heterocycles. The normalized spacial score (nSPS) is 14.0. The number of rotatable bonds is 8. The van der Waals surface area contributed by atoms with E-state index in [4.69, 9.17) is 9.47 Å². The average molecular weight is 434 g/mol. The van der Waals surface area contributed by atoms with Gasteiger partial charge in [-0.1, -0.05) is 12.1 Å². The monoisotopic (exact) mass is 433 g/mol. The van der Waals surface area contributed by atoms with Crippen molar-refractivity contribution in [2.45, 2.75) is 20.3 Å². The second-order valence-electron chi connectivity index (χ2n) is 7.46. The van der Waals surface area contributed by atoms with E-state index in [0.29, 0.717) is 38.0 Å². The van der Waals surface area contributed by atoms with E-state index >= 15 is 0 Å². The van der Waals surface area contributed by atoms with Crippen LogP contribution in [0.2, 0.25) is 0 Å². The van der Waals surface area contributed by atoms with Gasteiger partial charge >= 0.3 is 6.01 Å². The molecule has 1 aromatic carbocycles. The van der Waals surface area contributed by atoms with E-state index in [1.807, 2.05) is 30.3 Å². The van der Waals surface area contributed by atoms with Crippen LogP contribution in [0.3, 0.4) is 0 Å². The van der Waals surface area contributed by atoms with Gasteiger partial charge in [0.1, 0.15) is 0 Å². The summed E-state index contributed by atoms with van der Waals surface area (Å²) in [5, 5.41) is 4.30. The van der Waals surface area contributed by atoms with Crippen LogP contribution < -0.4 is 15.1 Å². The molecule has 9 heteroatoms.